The lowest BCUT2D eigenvalue weighted by molar-refractivity contribution is 0.299. The summed E-state index contributed by atoms with van der Waals surface area (Å²) < 4.78 is 21.9. The van der Waals surface area contributed by atoms with Gasteiger partial charge in [0, 0.05) is 19.2 Å². The average molecular weight is 306 g/mol. The lowest BCUT2D eigenvalue weighted by atomic mass is 10.2. The molecular formula is C14H31NO2SSi. The summed E-state index contributed by atoms with van der Waals surface area (Å²) in [6, 6.07) is 0. The minimum Gasteiger partial charge on any atom is -0.416 e. The molecule has 0 aliphatic carbocycles. The Kier molecular flexibility index (Phi) is 7.69. The molecule has 0 N–H and O–H groups in total. The maximum Gasteiger partial charge on any atom is 0.191 e. The molecule has 0 amide bonds. The fourth-order valence-corrected chi connectivity index (χ4v) is 3.01. The molecule has 0 aliphatic rings. The van der Waals surface area contributed by atoms with Gasteiger partial charge in [0.25, 0.3) is 0 Å². The van der Waals surface area contributed by atoms with E-state index in [0.717, 1.165) is 6.42 Å². The van der Waals surface area contributed by atoms with Gasteiger partial charge >= 0.3 is 0 Å². The van der Waals surface area contributed by atoms with Crippen LogP contribution in [0.25, 0.3) is 0 Å². The smallest absolute Gasteiger partial charge is 0.191 e. The second kappa shape index (κ2) is 7.69. The van der Waals surface area contributed by atoms with Crippen LogP contribution >= 0.6 is 0 Å². The summed E-state index contributed by atoms with van der Waals surface area (Å²) in [7, 11) is -2.77. The molecule has 0 spiro atoms. The Morgan fingerprint density at radius 3 is 2.21 bits per heavy atom. The number of nitrogens with zero attached hydrogens (tertiary/aromatic N) is 1. The molecule has 0 bridgehead atoms. The van der Waals surface area contributed by atoms with Gasteiger partial charge in [0.15, 0.2) is 8.32 Å². The van der Waals surface area contributed by atoms with Gasteiger partial charge in [-0.15, -0.1) is 0 Å². The number of hydrogen-bond acceptors (Lipinski definition) is 2. The van der Waals surface area contributed by atoms with Gasteiger partial charge < -0.3 is 4.43 Å². The van der Waals surface area contributed by atoms with Crippen LogP contribution in [0.15, 0.2) is 4.40 Å². The summed E-state index contributed by atoms with van der Waals surface area (Å²) in [6.07, 6.45) is 2.49. The Hall–Kier alpha value is -0.00312. The second-order valence-electron chi connectivity index (χ2n) is 6.91. The molecule has 0 aliphatic heterocycles. The summed E-state index contributed by atoms with van der Waals surface area (Å²) in [5.41, 5.74) is 0. The van der Waals surface area contributed by atoms with Gasteiger partial charge in [-0.3, -0.25) is 0 Å². The van der Waals surface area contributed by atoms with Crippen LogP contribution in [0.3, 0.4) is 0 Å². The molecule has 0 fully saturated rings. The fourth-order valence-electron chi connectivity index (χ4n) is 1.04. The zero-order valence-electron chi connectivity index (χ0n) is 13.8. The molecule has 0 radical (unpaired) electrons. The first kappa shape index (κ1) is 19.0. The Morgan fingerprint density at radius 2 is 1.79 bits per heavy atom. The quantitative estimate of drug-likeness (QED) is 0.402. The third-order valence-corrected chi connectivity index (χ3v) is 10.0. The summed E-state index contributed by atoms with van der Waals surface area (Å²) in [5.74, 6) is 0.390. The monoisotopic (exact) mass is 305 g/mol. The van der Waals surface area contributed by atoms with Crippen molar-refractivity contribution in [1.82, 2.24) is 0 Å². The minimum atomic E-state index is -1.66. The SMILES string of the molecule is CC(C)C(C)S(=O)N=CCCO[Si](C)(C)C(C)(C)C. The highest BCUT2D eigenvalue weighted by Crippen LogP contribution is 2.36. The molecule has 0 aromatic carbocycles. The van der Waals surface area contributed by atoms with E-state index in [4.69, 9.17) is 4.43 Å². The van der Waals surface area contributed by atoms with Gasteiger partial charge in [0.2, 0.25) is 0 Å². The standard InChI is InChI=1S/C14H31NO2SSi/c1-12(2)13(3)18(16)15-10-9-11-17-19(7,8)14(4,5)6/h10,12-13H,9,11H2,1-8H3. The molecule has 2 atom stereocenters. The van der Waals surface area contributed by atoms with Crippen LogP contribution in [-0.4, -0.2) is 30.6 Å². The first-order chi connectivity index (χ1) is 8.49. The van der Waals surface area contributed by atoms with Crippen LogP contribution in [0.2, 0.25) is 18.1 Å². The maximum atomic E-state index is 11.8. The van der Waals surface area contributed by atoms with Crippen molar-refractivity contribution in [2.75, 3.05) is 6.61 Å². The molecule has 5 heteroatoms. The molecule has 2 unspecified atom stereocenters. The molecule has 0 aromatic heterocycles. The largest absolute Gasteiger partial charge is 0.416 e. The van der Waals surface area contributed by atoms with Gasteiger partial charge in [-0.25, -0.2) is 4.21 Å². The summed E-state index contributed by atoms with van der Waals surface area (Å²) in [5, 5.41) is 0.344. The Labute approximate surface area is 123 Å². The summed E-state index contributed by atoms with van der Waals surface area (Å²) in [4.78, 5) is 0. The lowest BCUT2D eigenvalue weighted by Crippen LogP contribution is -2.41. The van der Waals surface area contributed by atoms with Crippen molar-refractivity contribution < 1.29 is 8.63 Å². The van der Waals surface area contributed by atoms with Gasteiger partial charge in [0.1, 0.15) is 11.0 Å². The molecule has 0 rings (SSSR count). The van der Waals surface area contributed by atoms with Gasteiger partial charge in [0.05, 0.1) is 5.25 Å². The van der Waals surface area contributed by atoms with Crippen molar-refractivity contribution in [3.8, 4) is 0 Å². The Balaban J connectivity index is 4.09. The summed E-state index contributed by atoms with van der Waals surface area (Å²) >= 11 is 0. The Bertz CT molecular complexity index is 322. The van der Waals surface area contributed by atoms with Gasteiger partial charge in [-0.1, -0.05) is 34.6 Å². The number of hydrogen-bond donors (Lipinski definition) is 0. The van der Waals surface area contributed by atoms with E-state index in [1.165, 1.54) is 0 Å². The molecule has 19 heavy (non-hydrogen) atoms. The van der Waals surface area contributed by atoms with E-state index in [0.29, 0.717) is 12.5 Å². The van der Waals surface area contributed by atoms with E-state index >= 15 is 0 Å². The van der Waals surface area contributed by atoms with Crippen LogP contribution in [0.4, 0.5) is 0 Å². The van der Waals surface area contributed by atoms with Crippen LogP contribution < -0.4 is 0 Å². The van der Waals surface area contributed by atoms with Gasteiger partial charge in [-0.2, -0.15) is 4.40 Å². The van der Waals surface area contributed by atoms with E-state index in [1.807, 2.05) is 6.92 Å². The molecule has 0 saturated heterocycles. The maximum absolute atomic E-state index is 11.8. The molecule has 0 saturated carbocycles. The highest BCUT2D eigenvalue weighted by Gasteiger charge is 2.36. The van der Waals surface area contributed by atoms with Crippen LogP contribution in [-0.2, 0) is 15.4 Å². The van der Waals surface area contributed by atoms with Crippen molar-refractivity contribution in [2.24, 2.45) is 10.3 Å². The molecule has 3 nitrogen and oxygen atoms in total. The zero-order valence-corrected chi connectivity index (χ0v) is 15.6. The van der Waals surface area contributed by atoms with Crippen LogP contribution in [0, 0.1) is 5.92 Å². The first-order valence-corrected chi connectivity index (χ1v) is 11.1. The van der Waals surface area contributed by atoms with Crippen molar-refractivity contribution in [3.63, 3.8) is 0 Å². The van der Waals surface area contributed by atoms with Crippen molar-refractivity contribution in [2.45, 2.75) is 71.3 Å². The van der Waals surface area contributed by atoms with Gasteiger partial charge in [-0.05, 0) is 31.0 Å². The van der Waals surface area contributed by atoms with Crippen LogP contribution in [0.1, 0.15) is 48.0 Å². The molecule has 0 aromatic rings. The minimum absolute atomic E-state index is 0.109. The second-order valence-corrected chi connectivity index (χ2v) is 13.2. The number of rotatable bonds is 7. The first-order valence-electron chi connectivity index (χ1n) is 7.06. The topological polar surface area (TPSA) is 38.7 Å². The lowest BCUT2D eigenvalue weighted by Gasteiger charge is -2.36. The molecule has 114 valence electrons. The Morgan fingerprint density at radius 1 is 1.26 bits per heavy atom. The normalized spacial score (nSPS) is 17.1. The predicted molar refractivity (Wildman–Crippen MR) is 88.7 cm³/mol. The third-order valence-electron chi connectivity index (χ3n) is 3.95. The highest BCUT2D eigenvalue weighted by atomic mass is 32.2. The highest BCUT2D eigenvalue weighted by molar-refractivity contribution is 7.84. The zero-order chi connectivity index (χ0) is 15.3. The molecular weight excluding hydrogens is 274 g/mol. The fraction of sp³-hybridized carbons (Fsp3) is 0.929. The van der Waals surface area contributed by atoms with Crippen LogP contribution in [0.5, 0.6) is 0 Å². The van der Waals surface area contributed by atoms with E-state index < -0.39 is 19.3 Å². The van der Waals surface area contributed by atoms with Crippen molar-refractivity contribution in [3.05, 3.63) is 0 Å². The predicted octanol–water partition coefficient (Wildman–Crippen LogP) is 4.18. The third kappa shape index (κ3) is 6.81. The summed E-state index contributed by atoms with van der Waals surface area (Å²) in [6.45, 7) is 18.0. The van der Waals surface area contributed by atoms with E-state index in [2.05, 4.69) is 52.1 Å². The molecule has 0 heterocycles. The van der Waals surface area contributed by atoms with E-state index in [9.17, 15) is 4.21 Å². The van der Waals surface area contributed by atoms with Crippen molar-refractivity contribution in [1.29, 1.82) is 0 Å². The average Bonchev–Trinajstić information content (AvgIpc) is 2.25. The van der Waals surface area contributed by atoms with Crippen molar-refractivity contribution >= 4 is 25.5 Å². The van der Waals surface area contributed by atoms with E-state index in [1.54, 1.807) is 6.21 Å². The van der Waals surface area contributed by atoms with E-state index in [-0.39, 0.29) is 10.3 Å².